The van der Waals surface area contributed by atoms with Crippen molar-refractivity contribution in [3.05, 3.63) is 61.7 Å². The molecule has 0 radical (unpaired) electrons. The predicted molar refractivity (Wildman–Crippen MR) is 124 cm³/mol. The van der Waals surface area contributed by atoms with Crippen LogP contribution >= 0.6 is 0 Å². The highest BCUT2D eigenvalue weighted by Gasteiger charge is 2.32. The van der Waals surface area contributed by atoms with Crippen molar-refractivity contribution in [2.45, 2.75) is 45.1 Å². The monoisotopic (exact) mass is 465 g/mol. The van der Waals surface area contributed by atoms with Gasteiger partial charge in [-0.05, 0) is 31.9 Å². The molecule has 0 aromatic heterocycles. The van der Waals surface area contributed by atoms with Crippen LogP contribution < -0.4 is 10.6 Å². The fraction of sp³-hybridized carbons (Fsp3) is 0.364. The van der Waals surface area contributed by atoms with Gasteiger partial charge < -0.3 is 10.6 Å². The number of carbonyl (C=O) groups is 1. The van der Waals surface area contributed by atoms with Crippen LogP contribution in [0, 0.1) is 38.5 Å². The normalized spacial score (nSPS) is 13.9. The molecular weight excluding hydrogens is 442 g/mol. The Balaban J connectivity index is 1.92. The number of hydrogen-bond donors (Lipinski definition) is 2. The van der Waals surface area contributed by atoms with E-state index >= 15 is 0 Å². The van der Waals surface area contributed by atoms with E-state index in [2.05, 4.69) is 20.9 Å². The van der Waals surface area contributed by atoms with Gasteiger partial charge in [-0.15, -0.1) is 5.11 Å². The molecule has 2 aromatic rings. The smallest absolute Gasteiger partial charge is 0.305 e. The van der Waals surface area contributed by atoms with Gasteiger partial charge in [-0.3, -0.25) is 25.0 Å². The molecule has 1 amide bonds. The summed E-state index contributed by atoms with van der Waals surface area (Å²) < 4.78 is 0. The molecule has 0 unspecified atom stereocenters. The van der Waals surface area contributed by atoms with E-state index in [1.807, 2.05) is 19.1 Å². The molecule has 0 aliphatic heterocycles. The van der Waals surface area contributed by atoms with Crippen molar-refractivity contribution < 1.29 is 14.6 Å². The van der Waals surface area contributed by atoms with Crippen molar-refractivity contribution in [3.63, 3.8) is 0 Å². The maximum Gasteiger partial charge on any atom is 0.305 e. The summed E-state index contributed by atoms with van der Waals surface area (Å²) in [6, 6.07) is 9.52. The average Bonchev–Trinajstić information content (AvgIpc) is 2.81. The number of nitro benzene ring substituents is 2. The van der Waals surface area contributed by atoms with Gasteiger partial charge in [0.05, 0.1) is 15.9 Å². The molecule has 0 bridgehead atoms. The van der Waals surface area contributed by atoms with Crippen molar-refractivity contribution in [1.29, 1.82) is 5.26 Å². The van der Waals surface area contributed by atoms with E-state index in [0.717, 1.165) is 43.7 Å². The minimum absolute atomic E-state index is 0.105. The van der Waals surface area contributed by atoms with Gasteiger partial charge in [0.1, 0.15) is 23.9 Å². The lowest BCUT2D eigenvalue weighted by atomic mass is 9.94. The number of azo groups is 1. The number of anilines is 2. The molecule has 0 saturated heterocycles. The molecule has 1 saturated carbocycles. The first-order chi connectivity index (χ1) is 16.3. The first kappa shape index (κ1) is 24.2. The molecule has 2 N–H and O–H groups in total. The molecule has 1 aliphatic rings. The Hall–Kier alpha value is -4.40. The molecule has 0 heterocycles. The Kier molecular flexibility index (Phi) is 7.81. The van der Waals surface area contributed by atoms with Gasteiger partial charge in [-0.1, -0.05) is 37.0 Å². The number of benzene rings is 2. The summed E-state index contributed by atoms with van der Waals surface area (Å²) in [6.07, 6.45) is 4.44. The summed E-state index contributed by atoms with van der Waals surface area (Å²) in [4.78, 5) is 33.8. The second kappa shape index (κ2) is 11.0. The third kappa shape index (κ3) is 5.89. The van der Waals surface area contributed by atoms with Crippen LogP contribution in [0.3, 0.4) is 0 Å². The van der Waals surface area contributed by atoms with Crippen molar-refractivity contribution in [2.24, 2.45) is 10.2 Å². The fourth-order valence-electron chi connectivity index (χ4n) is 3.74. The first-order valence-corrected chi connectivity index (χ1v) is 10.7. The summed E-state index contributed by atoms with van der Waals surface area (Å²) in [5.41, 5.74) is -0.657. The van der Waals surface area contributed by atoms with Crippen LogP contribution in [0.25, 0.3) is 0 Å². The van der Waals surface area contributed by atoms with Gasteiger partial charge >= 0.3 is 11.4 Å². The zero-order chi connectivity index (χ0) is 24.7. The Bertz CT molecular complexity index is 1170. The van der Waals surface area contributed by atoms with Crippen LogP contribution in [0.15, 0.2) is 40.6 Å². The van der Waals surface area contributed by atoms with Gasteiger partial charge in [0, 0.05) is 11.7 Å². The maximum absolute atomic E-state index is 12.2. The molecule has 34 heavy (non-hydrogen) atoms. The van der Waals surface area contributed by atoms with E-state index in [0.29, 0.717) is 5.69 Å². The van der Waals surface area contributed by atoms with Crippen molar-refractivity contribution >= 4 is 34.3 Å². The third-order valence-corrected chi connectivity index (χ3v) is 5.44. The lowest BCUT2D eigenvalue weighted by Crippen LogP contribution is -2.23. The fourth-order valence-corrected chi connectivity index (χ4v) is 3.74. The average molecular weight is 465 g/mol. The number of carbonyl (C=O) groups excluding carboxylic acids is 1. The van der Waals surface area contributed by atoms with Crippen LogP contribution in [0.4, 0.5) is 28.4 Å². The number of aryl methyl sites for hydroxylation is 1. The lowest BCUT2D eigenvalue weighted by molar-refractivity contribution is -0.393. The number of nitriles is 1. The highest BCUT2D eigenvalue weighted by atomic mass is 16.6. The van der Waals surface area contributed by atoms with E-state index in [9.17, 15) is 30.3 Å². The molecular formula is C22H23N7O5. The van der Waals surface area contributed by atoms with E-state index in [1.165, 1.54) is 0 Å². The summed E-state index contributed by atoms with van der Waals surface area (Å²) in [5.74, 6) is -0.517. The molecule has 1 fully saturated rings. The Morgan fingerprint density at radius 2 is 1.76 bits per heavy atom. The van der Waals surface area contributed by atoms with Gasteiger partial charge in [-0.25, -0.2) is 0 Å². The summed E-state index contributed by atoms with van der Waals surface area (Å²) >= 11 is 0. The van der Waals surface area contributed by atoms with Crippen molar-refractivity contribution in [2.75, 3.05) is 17.2 Å². The van der Waals surface area contributed by atoms with E-state index < -0.39 is 39.4 Å². The van der Waals surface area contributed by atoms with Gasteiger partial charge in [0.25, 0.3) is 0 Å². The number of rotatable bonds is 8. The van der Waals surface area contributed by atoms with Crippen LogP contribution in [-0.2, 0) is 4.79 Å². The van der Waals surface area contributed by atoms with Gasteiger partial charge in [0.2, 0.25) is 5.91 Å². The number of nitro groups is 2. The van der Waals surface area contributed by atoms with E-state index in [4.69, 9.17) is 0 Å². The number of nitrogens with zero attached hydrogens (tertiary/aromatic N) is 5. The minimum Gasteiger partial charge on any atom is -0.376 e. The van der Waals surface area contributed by atoms with Crippen molar-refractivity contribution in [3.8, 4) is 6.07 Å². The molecule has 3 rings (SSSR count). The molecule has 2 aromatic carbocycles. The van der Waals surface area contributed by atoms with E-state index in [-0.39, 0.29) is 17.3 Å². The predicted octanol–water partition coefficient (Wildman–Crippen LogP) is 5.15. The third-order valence-electron chi connectivity index (χ3n) is 5.44. The molecule has 176 valence electrons. The molecule has 12 nitrogen and oxygen atoms in total. The minimum atomic E-state index is -0.862. The highest BCUT2D eigenvalue weighted by molar-refractivity contribution is 5.92. The standard InChI is InChI=1S/C22H23N7O5/c1-14-7-9-16(10-8-14)25-20(30)13-24-27-22-17(12-23)21(26-15-5-3-2-4-6-15)18(28(31)32)11-19(22)29(33)34/h7-11,15,26H,2-6,13H2,1H3,(H,25,30). The summed E-state index contributed by atoms with van der Waals surface area (Å²) in [7, 11) is 0. The van der Waals surface area contributed by atoms with Crippen LogP contribution in [0.5, 0.6) is 0 Å². The zero-order valence-corrected chi connectivity index (χ0v) is 18.5. The Morgan fingerprint density at radius 1 is 1.12 bits per heavy atom. The number of nitrogens with one attached hydrogen (secondary N) is 2. The largest absolute Gasteiger partial charge is 0.376 e. The molecule has 0 atom stereocenters. The second-order valence-corrected chi connectivity index (χ2v) is 7.93. The zero-order valence-electron chi connectivity index (χ0n) is 18.5. The van der Waals surface area contributed by atoms with Gasteiger partial charge in [0.15, 0.2) is 5.69 Å². The van der Waals surface area contributed by atoms with Crippen LogP contribution in [-0.4, -0.2) is 28.3 Å². The van der Waals surface area contributed by atoms with E-state index in [1.54, 1.807) is 18.2 Å². The molecule has 0 spiro atoms. The Morgan fingerprint density at radius 3 is 2.35 bits per heavy atom. The number of amides is 1. The highest BCUT2D eigenvalue weighted by Crippen LogP contribution is 2.43. The van der Waals surface area contributed by atoms with Gasteiger partial charge in [-0.2, -0.15) is 10.4 Å². The summed E-state index contributed by atoms with van der Waals surface area (Å²) in [6.45, 7) is 1.44. The number of hydrogen-bond acceptors (Lipinski definition) is 9. The lowest BCUT2D eigenvalue weighted by Gasteiger charge is -2.24. The SMILES string of the molecule is Cc1ccc(NC(=O)CN=Nc2c([N+](=O)[O-])cc([N+](=O)[O-])c(NC3CCCCC3)c2C#N)cc1. The quantitative estimate of drug-likeness (QED) is 0.307. The Labute approximate surface area is 195 Å². The van der Waals surface area contributed by atoms with Crippen LogP contribution in [0.1, 0.15) is 43.2 Å². The maximum atomic E-state index is 12.2. The van der Waals surface area contributed by atoms with Crippen LogP contribution in [0.2, 0.25) is 0 Å². The second-order valence-electron chi connectivity index (χ2n) is 7.93. The molecule has 12 heteroatoms. The molecule has 1 aliphatic carbocycles. The van der Waals surface area contributed by atoms with Crippen molar-refractivity contribution in [1.82, 2.24) is 0 Å². The first-order valence-electron chi connectivity index (χ1n) is 10.7. The summed E-state index contributed by atoms with van der Waals surface area (Å²) in [5, 5.41) is 46.2. The topological polar surface area (TPSA) is 176 Å².